The van der Waals surface area contributed by atoms with Gasteiger partial charge in [0.1, 0.15) is 15.7 Å². The number of benzene rings is 1. The summed E-state index contributed by atoms with van der Waals surface area (Å²) in [6.07, 6.45) is 3.21. The summed E-state index contributed by atoms with van der Waals surface area (Å²) in [6, 6.07) is 7.03. The van der Waals surface area contributed by atoms with Crippen LogP contribution in [0, 0.1) is 5.82 Å². The van der Waals surface area contributed by atoms with E-state index in [9.17, 15) is 12.8 Å². The van der Waals surface area contributed by atoms with E-state index in [-0.39, 0.29) is 18.2 Å². The van der Waals surface area contributed by atoms with Crippen LogP contribution in [0.5, 0.6) is 0 Å². The Bertz CT molecular complexity index is 717. The predicted octanol–water partition coefficient (Wildman–Crippen LogP) is 1.02. The number of rotatable bonds is 9. The number of nitrogens with one attached hydrogen (secondary N) is 2. The zero-order valence-electron chi connectivity index (χ0n) is 16.7. The first-order chi connectivity index (χ1) is 13.4. The van der Waals surface area contributed by atoms with Gasteiger partial charge in [0.05, 0.1) is 19.0 Å². The van der Waals surface area contributed by atoms with E-state index in [0.717, 1.165) is 44.0 Å². The Morgan fingerprint density at radius 3 is 2.54 bits per heavy atom. The highest BCUT2D eigenvalue weighted by Gasteiger charge is 2.20. The van der Waals surface area contributed by atoms with Crippen LogP contribution in [-0.2, 0) is 21.1 Å². The highest BCUT2D eigenvalue weighted by molar-refractivity contribution is 7.90. The number of piperidine rings is 1. The molecule has 0 atom stereocenters. The Morgan fingerprint density at radius 2 is 1.93 bits per heavy atom. The van der Waals surface area contributed by atoms with Crippen molar-refractivity contribution in [2.24, 2.45) is 4.99 Å². The number of aliphatic imine (C=N–C) groups is 1. The lowest BCUT2D eigenvalue weighted by atomic mass is 10.0. The molecule has 1 saturated heterocycles. The summed E-state index contributed by atoms with van der Waals surface area (Å²) in [5, 5.41) is 6.61. The number of hydrogen-bond donors (Lipinski definition) is 2. The molecule has 1 fully saturated rings. The highest BCUT2D eigenvalue weighted by Crippen LogP contribution is 2.14. The molecule has 0 spiro atoms. The maximum atomic E-state index is 13.0. The van der Waals surface area contributed by atoms with Crippen LogP contribution in [0.25, 0.3) is 0 Å². The Hall–Kier alpha value is -1.71. The Kier molecular flexibility index (Phi) is 9.14. The predicted molar refractivity (Wildman–Crippen MR) is 110 cm³/mol. The van der Waals surface area contributed by atoms with Crippen LogP contribution in [0.3, 0.4) is 0 Å². The van der Waals surface area contributed by atoms with Crippen LogP contribution in [0.1, 0.15) is 18.4 Å². The van der Waals surface area contributed by atoms with E-state index >= 15 is 0 Å². The first-order valence-electron chi connectivity index (χ1n) is 9.55. The number of nitrogens with zero attached hydrogens (tertiary/aromatic N) is 2. The van der Waals surface area contributed by atoms with Gasteiger partial charge in [-0.25, -0.2) is 12.8 Å². The van der Waals surface area contributed by atoms with Gasteiger partial charge in [-0.15, -0.1) is 0 Å². The SMILES string of the molecule is CN=C(NCCOCCS(C)(=O)=O)NC1CCN(Cc2ccc(F)cc2)CC1. The minimum absolute atomic E-state index is 0.0382. The quantitative estimate of drug-likeness (QED) is 0.357. The van der Waals surface area contributed by atoms with E-state index in [4.69, 9.17) is 4.74 Å². The molecule has 28 heavy (non-hydrogen) atoms. The molecule has 0 unspecified atom stereocenters. The smallest absolute Gasteiger partial charge is 0.191 e. The lowest BCUT2D eigenvalue weighted by Crippen LogP contribution is -2.49. The molecule has 1 aromatic rings. The van der Waals surface area contributed by atoms with Gasteiger partial charge in [-0.05, 0) is 30.5 Å². The van der Waals surface area contributed by atoms with Crippen molar-refractivity contribution >= 4 is 15.8 Å². The van der Waals surface area contributed by atoms with Crippen LogP contribution in [0.2, 0.25) is 0 Å². The number of hydrogen-bond acceptors (Lipinski definition) is 5. The van der Waals surface area contributed by atoms with Crippen molar-refractivity contribution in [2.45, 2.75) is 25.4 Å². The molecule has 158 valence electrons. The fourth-order valence-electron chi connectivity index (χ4n) is 3.03. The van der Waals surface area contributed by atoms with Crippen molar-refractivity contribution in [3.8, 4) is 0 Å². The van der Waals surface area contributed by atoms with E-state index in [1.165, 1.54) is 18.4 Å². The van der Waals surface area contributed by atoms with Crippen LogP contribution >= 0.6 is 0 Å². The zero-order valence-corrected chi connectivity index (χ0v) is 17.5. The van der Waals surface area contributed by atoms with Crippen LogP contribution in [-0.4, -0.2) is 77.2 Å². The fourth-order valence-corrected chi connectivity index (χ4v) is 3.45. The molecule has 2 rings (SSSR count). The topological polar surface area (TPSA) is 83.0 Å². The molecule has 9 heteroatoms. The van der Waals surface area contributed by atoms with Gasteiger partial charge in [-0.1, -0.05) is 12.1 Å². The van der Waals surface area contributed by atoms with Crippen molar-refractivity contribution in [2.75, 3.05) is 51.9 Å². The van der Waals surface area contributed by atoms with E-state index in [0.29, 0.717) is 19.2 Å². The van der Waals surface area contributed by atoms with E-state index in [1.807, 2.05) is 12.1 Å². The average Bonchev–Trinajstić information content (AvgIpc) is 2.66. The molecule has 0 amide bonds. The second kappa shape index (κ2) is 11.3. The molecule has 2 N–H and O–H groups in total. The first kappa shape index (κ1) is 22.6. The second-order valence-corrected chi connectivity index (χ2v) is 9.32. The monoisotopic (exact) mass is 414 g/mol. The maximum Gasteiger partial charge on any atom is 0.191 e. The molecular weight excluding hydrogens is 383 g/mol. The molecule has 7 nitrogen and oxygen atoms in total. The summed E-state index contributed by atoms with van der Waals surface area (Å²) >= 11 is 0. The van der Waals surface area contributed by atoms with Crippen molar-refractivity contribution in [3.05, 3.63) is 35.6 Å². The number of halogens is 1. The second-order valence-electron chi connectivity index (χ2n) is 7.06. The number of sulfone groups is 1. The fraction of sp³-hybridized carbons (Fsp3) is 0.632. The lowest BCUT2D eigenvalue weighted by molar-refractivity contribution is 0.153. The van der Waals surface area contributed by atoms with Crippen molar-refractivity contribution in [1.29, 1.82) is 0 Å². The third-order valence-corrected chi connectivity index (χ3v) is 5.52. The summed E-state index contributed by atoms with van der Waals surface area (Å²) in [4.78, 5) is 6.60. The molecule has 1 aliphatic heterocycles. The zero-order chi connectivity index (χ0) is 20.4. The van der Waals surface area contributed by atoms with E-state index in [2.05, 4.69) is 20.5 Å². The summed E-state index contributed by atoms with van der Waals surface area (Å²) in [6.45, 7) is 3.98. The maximum absolute atomic E-state index is 13.0. The largest absolute Gasteiger partial charge is 0.379 e. The summed E-state index contributed by atoms with van der Waals surface area (Å²) in [7, 11) is -1.25. The molecule has 1 aromatic carbocycles. The average molecular weight is 415 g/mol. The van der Waals surface area contributed by atoms with Crippen LogP contribution in [0.4, 0.5) is 4.39 Å². The standard InChI is InChI=1S/C19H31FN4O3S/c1-21-19(22-9-12-27-13-14-28(2,25)26)23-18-7-10-24(11-8-18)15-16-3-5-17(20)6-4-16/h3-6,18H,7-15H2,1-2H3,(H2,21,22,23). The van der Waals surface area contributed by atoms with Crippen LogP contribution < -0.4 is 10.6 Å². The van der Waals surface area contributed by atoms with Crippen LogP contribution in [0.15, 0.2) is 29.3 Å². The highest BCUT2D eigenvalue weighted by atomic mass is 32.2. The molecule has 0 bridgehead atoms. The van der Waals surface area contributed by atoms with Crippen molar-refractivity contribution in [3.63, 3.8) is 0 Å². The minimum atomic E-state index is -2.98. The molecule has 1 aliphatic rings. The first-order valence-corrected chi connectivity index (χ1v) is 11.6. The normalized spacial score (nSPS) is 16.9. The van der Waals surface area contributed by atoms with Gasteiger partial charge in [0.15, 0.2) is 5.96 Å². The number of guanidine groups is 1. The van der Waals surface area contributed by atoms with E-state index < -0.39 is 9.84 Å². The minimum Gasteiger partial charge on any atom is -0.379 e. The Labute approximate surface area is 167 Å². The third-order valence-electron chi connectivity index (χ3n) is 4.61. The van der Waals surface area contributed by atoms with Gasteiger partial charge in [0.2, 0.25) is 0 Å². The molecule has 1 heterocycles. The van der Waals surface area contributed by atoms with Crippen molar-refractivity contribution < 1.29 is 17.5 Å². The van der Waals surface area contributed by atoms with Gasteiger partial charge < -0.3 is 15.4 Å². The molecule has 0 saturated carbocycles. The van der Waals surface area contributed by atoms with E-state index in [1.54, 1.807) is 7.05 Å². The van der Waals surface area contributed by atoms with Gasteiger partial charge >= 0.3 is 0 Å². The molecular formula is C19H31FN4O3S. The molecule has 0 aromatic heterocycles. The number of likely N-dealkylation sites (tertiary alicyclic amines) is 1. The van der Waals surface area contributed by atoms with Gasteiger partial charge in [0.25, 0.3) is 0 Å². The third kappa shape index (κ3) is 8.99. The van der Waals surface area contributed by atoms with Gasteiger partial charge in [-0.2, -0.15) is 0 Å². The molecule has 0 aliphatic carbocycles. The van der Waals surface area contributed by atoms with Crippen molar-refractivity contribution in [1.82, 2.24) is 15.5 Å². The summed E-state index contributed by atoms with van der Waals surface area (Å²) < 4.78 is 40.4. The van der Waals surface area contributed by atoms with Gasteiger partial charge in [0, 0.05) is 45.5 Å². The summed E-state index contributed by atoms with van der Waals surface area (Å²) in [5.41, 5.74) is 1.13. The van der Waals surface area contributed by atoms with Gasteiger partial charge in [-0.3, -0.25) is 9.89 Å². The Morgan fingerprint density at radius 1 is 1.25 bits per heavy atom. The molecule has 0 radical (unpaired) electrons. The Balaban J connectivity index is 1.61. The number of ether oxygens (including phenoxy) is 1. The summed E-state index contributed by atoms with van der Waals surface area (Å²) in [5.74, 6) is 0.561. The lowest BCUT2D eigenvalue weighted by Gasteiger charge is -2.33.